The molecule has 8 heteroatoms. The van der Waals surface area contributed by atoms with E-state index in [9.17, 15) is 24.3 Å². The number of hydrogen-bond donors (Lipinski definition) is 3. The topological polar surface area (TPSA) is 118 Å². The van der Waals surface area contributed by atoms with Gasteiger partial charge in [0.05, 0.1) is 5.52 Å². The summed E-state index contributed by atoms with van der Waals surface area (Å²) >= 11 is 0. The average Bonchev–Trinajstić information content (AvgIpc) is 3.01. The fourth-order valence-electron chi connectivity index (χ4n) is 5.59. The molecule has 0 spiro atoms. The second kappa shape index (κ2) is 12.4. The Morgan fingerprint density at radius 3 is 2.19 bits per heavy atom. The zero-order chi connectivity index (χ0) is 29.8. The number of hydrogen-bond acceptors (Lipinski definition) is 4. The number of rotatable bonds is 8. The molecule has 216 valence electrons. The summed E-state index contributed by atoms with van der Waals surface area (Å²) in [6.45, 7) is 3.69. The Morgan fingerprint density at radius 2 is 1.57 bits per heavy atom. The van der Waals surface area contributed by atoms with Crippen molar-refractivity contribution in [3.63, 3.8) is 0 Å². The lowest BCUT2D eigenvalue weighted by Gasteiger charge is -2.26. The van der Waals surface area contributed by atoms with Crippen molar-refractivity contribution in [2.24, 2.45) is 0 Å². The van der Waals surface area contributed by atoms with Gasteiger partial charge >= 0.3 is 5.97 Å². The molecule has 1 aliphatic carbocycles. The van der Waals surface area contributed by atoms with Crippen molar-refractivity contribution in [1.82, 2.24) is 9.88 Å². The number of aromatic nitrogens is 1. The molecule has 0 saturated heterocycles. The molecular weight excluding hydrogens is 530 g/mol. The number of carboxylic acid groups (broad SMARTS) is 1. The van der Waals surface area contributed by atoms with Crippen molar-refractivity contribution in [2.75, 3.05) is 5.32 Å². The number of amides is 2. The Kier molecular flexibility index (Phi) is 8.52. The van der Waals surface area contributed by atoms with E-state index >= 15 is 0 Å². The van der Waals surface area contributed by atoms with Crippen LogP contribution in [0.3, 0.4) is 0 Å². The minimum atomic E-state index is -1.28. The van der Waals surface area contributed by atoms with Crippen molar-refractivity contribution >= 4 is 34.4 Å². The van der Waals surface area contributed by atoms with Crippen LogP contribution in [0.1, 0.15) is 78.3 Å². The standard InChI is InChI=1S/C34H35N3O5/c1-3-22-9-11-23(12-10-22)24-13-15-25(16-14-24)33(40)35-21(2)32(39)36-26-17-18-30-28(19-26)31(38)29(34(41)42)20-37(30)27-7-5-4-6-8-27/h9-21,27H,3-8H2,1-2H3,(H,35,40)(H,36,39)(H,41,42)/t21-/m0/s1. The molecule has 8 nitrogen and oxygen atoms in total. The van der Waals surface area contributed by atoms with Crippen LogP contribution in [0.4, 0.5) is 5.69 Å². The van der Waals surface area contributed by atoms with E-state index in [1.165, 1.54) is 17.8 Å². The summed E-state index contributed by atoms with van der Waals surface area (Å²) in [4.78, 5) is 50.8. The fourth-order valence-corrected chi connectivity index (χ4v) is 5.59. The van der Waals surface area contributed by atoms with Crippen LogP contribution >= 0.6 is 0 Å². The Bertz CT molecular complexity index is 1680. The number of fused-ring (bicyclic) bond motifs is 1. The summed E-state index contributed by atoms with van der Waals surface area (Å²) in [6, 6.07) is 19.7. The van der Waals surface area contributed by atoms with E-state index in [1.54, 1.807) is 31.2 Å². The summed E-state index contributed by atoms with van der Waals surface area (Å²) in [6.07, 6.45) is 7.50. The Balaban J connectivity index is 1.30. The highest BCUT2D eigenvalue weighted by Gasteiger charge is 2.22. The molecule has 0 bridgehead atoms. The molecule has 2 amide bonds. The Labute approximate surface area is 244 Å². The third-order valence-corrected chi connectivity index (χ3v) is 8.08. The van der Waals surface area contributed by atoms with E-state index in [0.29, 0.717) is 16.8 Å². The van der Waals surface area contributed by atoms with Crippen LogP contribution in [0.5, 0.6) is 0 Å². The summed E-state index contributed by atoms with van der Waals surface area (Å²) in [5.41, 5.74) is 3.84. The molecule has 1 fully saturated rings. The molecule has 3 aromatic carbocycles. The highest BCUT2D eigenvalue weighted by Crippen LogP contribution is 2.31. The van der Waals surface area contributed by atoms with Gasteiger partial charge in [-0.05, 0) is 73.2 Å². The van der Waals surface area contributed by atoms with Crippen LogP contribution in [-0.4, -0.2) is 33.5 Å². The molecule has 1 aliphatic rings. The number of anilines is 1. The lowest BCUT2D eigenvalue weighted by atomic mass is 9.94. The van der Waals surface area contributed by atoms with Gasteiger partial charge in [-0.3, -0.25) is 14.4 Å². The number of carbonyl (C=O) groups excluding carboxylic acids is 2. The van der Waals surface area contributed by atoms with E-state index in [0.717, 1.165) is 49.7 Å². The average molecular weight is 566 g/mol. The van der Waals surface area contributed by atoms with Crippen LogP contribution in [0.25, 0.3) is 22.0 Å². The van der Waals surface area contributed by atoms with E-state index in [2.05, 4.69) is 41.8 Å². The molecule has 0 radical (unpaired) electrons. The first-order valence-corrected chi connectivity index (χ1v) is 14.5. The molecule has 1 aromatic heterocycles. The van der Waals surface area contributed by atoms with Crippen LogP contribution in [0, 0.1) is 0 Å². The first-order valence-electron chi connectivity index (χ1n) is 14.5. The Morgan fingerprint density at radius 1 is 0.929 bits per heavy atom. The number of nitrogens with one attached hydrogen (secondary N) is 2. The predicted molar refractivity (Wildman–Crippen MR) is 164 cm³/mol. The van der Waals surface area contributed by atoms with Gasteiger partial charge in [0.25, 0.3) is 5.91 Å². The van der Waals surface area contributed by atoms with Crippen molar-refractivity contribution in [2.45, 2.75) is 64.5 Å². The second-order valence-corrected chi connectivity index (χ2v) is 10.9. The van der Waals surface area contributed by atoms with Crippen molar-refractivity contribution in [1.29, 1.82) is 0 Å². The van der Waals surface area contributed by atoms with Crippen LogP contribution in [0.15, 0.2) is 77.7 Å². The van der Waals surface area contributed by atoms with Gasteiger partial charge in [0, 0.05) is 28.9 Å². The molecule has 0 unspecified atom stereocenters. The molecule has 5 rings (SSSR count). The monoisotopic (exact) mass is 565 g/mol. The SMILES string of the molecule is CCc1ccc(-c2ccc(C(=O)N[C@@H](C)C(=O)Nc3ccc4c(c3)c(=O)c(C(=O)O)cn4C3CCCCC3)cc2)cc1. The number of nitrogens with zero attached hydrogens (tertiary/aromatic N) is 1. The summed E-state index contributed by atoms with van der Waals surface area (Å²) in [5.74, 6) is -2.12. The molecule has 4 aromatic rings. The lowest BCUT2D eigenvalue weighted by Crippen LogP contribution is -2.41. The molecule has 1 heterocycles. The van der Waals surface area contributed by atoms with Crippen LogP contribution < -0.4 is 16.1 Å². The summed E-state index contributed by atoms with van der Waals surface area (Å²) < 4.78 is 1.90. The smallest absolute Gasteiger partial charge is 0.341 e. The van der Waals surface area contributed by atoms with E-state index < -0.39 is 23.3 Å². The van der Waals surface area contributed by atoms with Gasteiger partial charge < -0.3 is 20.3 Å². The number of aromatic carboxylic acids is 1. The molecule has 3 N–H and O–H groups in total. The molecule has 42 heavy (non-hydrogen) atoms. The quantitative estimate of drug-likeness (QED) is 0.235. The normalized spacial score (nSPS) is 14.3. The largest absolute Gasteiger partial charge is 0.477 e. The third kappa shape index (κ3) is 6.12. The minimum absolute atomic E-state index is 0.117. The van der Waals surface area contributed by atoms with Gasteiger partial charge in [0.2, 0.25) is 11.3 Å². The predicted octanol–water partition coefficient (Wildman–Crippen LogP) is 6.19. The maximum atomic E-state index is 13.1. The van der Waals surface area contributed by atoms with Crippen molar-refractivity contribution < 1.29 is 19.5 Å². The number of carbonyl (C=O) groups is 3. The highest BCUT2D eigenvalue weighted by atomic mass is 16.4. The van der Waals surface area contributed by atoms with Gasteiger partial charge in [-0.15, -0.1) is 0 Å². The van der Waals surface area contributed by atoms with Crippen LogP contribution in [-0.2, 0) is 11.2 Å². The van der Waals surface area contributed by atoms with Crippen molar-refractivity contribution in [3.05, 3.63) is 99.8 Å². The van der Waals surface area contributed by atoms with Gasteiger partial charge in [-0.25, -0.2) is 4.79 Å². The van der Waals surface area contributed by atoms with Crippen LogP contribution in [0.2, 0.25) is 0 Å². The van der Waals surface area contributed by atoms with E-state index in [1.807, 2.05) is 16.7 Å². The first kappa shape index (κ1) is 28.8. The van der Waals surface area contributed by atoms with E-state index in [4.69, 9.17) is 0 Å². The second-order valence-electron chi connectivity index (χ2n) is 10.9. The number of aryl methyl sites for hydroxylation is 1. The minimum Gasteiger partial charge on any atom is -0.477 e. The lowest BCUT2D eigenvalue weighted by molar-refractivity contribution is -0.117. The molecular formula is C34H35N3O5. The highest BCUT2D eigenvalue weighted by molar-refractivity contribution is 6.02. The number of pyridine rings is 1. The fraction of sp³-hybridized carbons (Fsp3) is 0.294. The zero-order valence-electron chi connectivity index (χ0n) is 23.9. The molecule has 0 aliphatic heterocycles. The van der Waals surface area contributed by atoms with Gasteiger partial charge in [-0.2, -0.15) is 0 Å². The maximum Gasteiger partial charge on any atom is 0.341 e. The number of carboxylic acids is 1. The van der Waals surface area contributed by atoms with Gasteiger partial charge in [0.1, 0.15) is 11.6 Å². The molecule has 1 saturated carbocycles. The van der Waals surface area contributed by atoms with Crippen molar-refractivity contribution in [3.8, 4) is 11.1 Å². The van der Waals surface area contributed by atoms with Gasteiger partial charge in [0.15, 0.2) is 0 Å². The number of benzene rings is 3. The first-order chi connectivity index (χ1) is 20.2. The maximum absolute atomic E-state index is 13.1. The zero-order valence-corrected chi connectivity index (χ0v) is 23.9. The summed E-state index contributed by atoms with van der Waals surface area (Å²) in [7, 11) is 0. The Hall–Kier alpha value is -4.72. The summed E-state index contributed by atoms with van der Waals surface area (Å²) in [5, 5.41) is 15.4. The third-order valence-electron chi connectivity index (χ3n) is 8.08. The van der Waals surface area contributed by atoms with E-state index in [-0.39, 0.29) is 22.9 Å². The molecule has 1 atom stereocenters. The van der Waals surface area contributed by atoms with Gasteiger partial charge in [-0.1, -0.05) is 62.6 Å².